The lowest BCUT2D eigenvalue weighted by atomic mass is 10.0. The Labute approximate surface area is 114 Å². The van der Waals surface area contributed by atoms with E-state index in [1.807, 2.05) is 31.2 Å². The summed E-state index contributed by atoms with van der Waals surface area (Å²) in [6, 6.07) is 7.61. The van der Waals surface area contributed by atoms with Crippen molar-refractivity contribution < 1.29 is 9.32 Å². The Morgan fingerprint density at radius 1 is 1.39 bits per heavy atom. The fraction of sp³-hybridized carbons (Fsp3) is 0.308. The molecule has 0 fully saturated rings. The highest BCUT2D eigenvalue weighted by Crippen LogP contribution is 2.23. The lowest BCUT2D eigenvalue weighted by molar-refractivity contribution is -0.119. The van der Waals surface area contributed by atoms with Crippen molar-refractivity contribution in [3.8, 4) is 11.4 Å². The largest absolute Gasteiger partial charge is 0.338 e. The minimum Gasteiger partial charge on any atom is -0.338 e. The lowest BCUT2D eigenvalue weighted by Crippen LogP contribution is -2.07. The van der Waals surface area contributed by atoms with Crippen molar-refractivity contribution in [1.29, 1.82) is 0 Å². The zero-order valence-electron chi connectivity index (χ0n) is 10.2. The molecule has 2 rings (SSSR count). The van der Waals surface area contributed by atoms with E-state index in [0.717, 1.165) is 10.0 Å². The average Bonchev–Trinajstić information content (AvgIpc) is 2.80. The SMILES string of the molecule is CCC(C(C)=O)c1nc(-c2ccc(Br)cc2)no1. The van der Waals surface area contributed by atoms with Crippen molar-refractivity contribution in [2.45, 2.75) is 26.2 Å². The highest BCUT2D eigenvalue weighted by atomic mass is 79.9. The van der Waals surface area contributed by atoms with Crippen LogP contribution in [0.15, 0.2) is 33.3 Å². The Kier molecular flexibility index (Phi) is 3.91. The van der Waals surface area contributed by atoms with E-state index < -0.39 is 0 Å². The van der Waals surface area contributed by atoms with Crippen molar-refractivity contribution in [1.82, 2.24) is 10.1 Å². The molecule has 0 N–H and O–H groups in total. The van der Waals surface area contributed by atoms with Crippen molar-refractivity contribution >= 4 is 21.7 Å². The van der Waals surface area contributed by atoms with Crippen LogP contribution >= 0.6 is 15.9 Å². The van der Waals surface area contributed by atoms with Gasteiger partial charge in [0.2, 0.25) is 11.7 Å². The Hall–Kier alpha value is -1.49. The highest BCUT2D eigenvalue weighted by Gasteiger charge is 2.21. The maximum Gasteiger partial charge on any atom is 0.237 e. The summed E-state index contributed by atoms with van der Waals surface area (Å²) in [4.78, 5) is 15.7. The molecule has 0 aliphatic rings. The van der Waals surface area contributed by atoms with Gasteiger partial charge >= 0.3 is 0 Å². The first-order valence-corrected chi connectivity index (χ1v) is 6.51. The zero-order valence-corrected chi connectivity index (χ0v) is 11.8. The number of hydrogen-bond acceptors (Lipinski definition) is 4. The first-order valence-electron chi connectivity index (χ1n) is 5.71. The monoisotopic (exact) mass is 308 g/mol. The van der Waals surface area contributed by atoms with Gasteiger partial charge in [-0.1, -0.05) is 28.0 Å². The van der Waals surface area contributed by atoms with Crippen LogP contribution in [0, 0.1) is 0 Å². The number of carbonyl (C=O) groups is 1. The third-order valence-corrected chi connectivity index (χ3v) is 3.27. The summed E-state index contributed by atoms with van der Waals surface area (Å²) in [6.07, 6.45) is 0.664. The zero-order chi connectivity index (χ0) is 13.1. The maximum atomic E-state index is 11.4. The number of halogens is 1. The van der Waals surface area contributed by atoms with E-state index >= 15 is 0 Å². The minimum atomic E-state index is -0.304. The van der Waals surface area contributed by atoms with Crippen molar-refractivity contribution in [3.63, 3.8) is 0 Å². The number of ketones is 1. The number of benzene rings is 1. The summed E-state index contributed by atoms with van der Waals surface area (Å²) >= 11 is 3.37. The first-order chi connectivity index (χ1) is 8.61. The maximum absolute atomic E-state index is 11.4. The number of Topliss-reactive ketones (excluding diaryl/α,β-unsaturated/α-hetero) is 1. The summed E-state index contributed by atoms with van der Waals surface area (Å²) < 4.78 is 6.16. The Bertz CT molecular complexity index is 548. The second-order valence-corrected chi connectivity index (χ2v) is 4.95. The molecular formula is C13H13BrN2O2. The summed E-state index contributed by atoms with van der Waals surface area (Å²) in [5.74, 6) is 0.644. The van der Waals surface area contributed by atoms with Gasteiger partial charge in [-0.3, -0.25) is 4.79 Å². The quantitative estimate of drug-likeness (QED) is 0.866. The molecule has 1 heterocycles. The van der Waals surface area contributed by atoms with E-state index in [9.17, 15) is 4.79 Å². The van der Waals surface area contributed by atoms with Crippen LogP contribution in [0.3, 0.4) is 0 Å². The van der Waals surface area contributed by atoms with Gasteiger partial charge in [-0.15, -0.1) is 0 Å². The number of aromatic nitrogens is 2. The Morgan fingerprint density at radius 2 is 2.06 bits per heavy atom. The van der Waals surface area contributed by atoms with Gasteiger partial charge in [-0.05, 0) is 37.6 Å². The van der Waals surface area contributed by atoms with Gasteiger partial charge in [0, 0.05) is 10.0 Å². The Balaban J connectivity index is 2.30. The smallest absolute Gasteiger partial charge is 0.237 e. The van der Waals surface area contributed by atoms with Gasteiger partial charge in [0.25, 0.3) is 0 Å². The van der Waals surface area contributed by atoms with Gasteiger partial charge in [0.15, 0.2) is 0 Å². The van der Waals surface area contributed by atoms with Crippen LogP contribution < -0.4 is 0 Å². The molecule has 0 bridgehead atoms. The Morgan fingerprint density at radius 3 is 2.61 bits per heavy atom. The van der Waals surface area contributed by atoms with Crippen LogP contribution in [0.25, 0.3) is 11.4 Å². The fourth-order valence-electron chi connectivity index (χ4n) is 1.73. The molecule has 0 aliphatic carbocycles. The van der Waals surface area contributed by atoms with Gasteiger partial charge in [-0.2, -0.15) is 4.98 Å². The molecule has 4 nitrogen and oxygen atoms in total. The molecule has 0 amide bonds. The summed E-state index contributed by atoms with van der Waals surface area (Å²) in [5.41, 5.74) is 0.867. The van der Waals surface area contributed by atoms with Crippen molar-refractivity contribution in [2.24, 2.45) is 0 Å². The normalized spacial score (nSPS) is 12.4. The highest BCUT2D eigenvalue weighted by molar-refractivity contribution is 9.10. The summed E-state index contributed by atoms with van der Waals surface area (Å²) in [5, 5.41) is 3.91. The predicted octanol–water partition coefficient (Wildman–Crippen LogP) is 3.58. The van der Waals surface area contributed by atoms with Crippen LogP contribution in [0.5, 0.6) is 0 Å². The second-order valence-electron chi connectivity index (χ2n) is 4.03. The van der Waals surface area contributed by atoms with E-state index in [1.54, 1.807) is 0 Å². The van der Waals surface area contributed by atoms with E-state index in [1.165, 1.54) is 6.92 Å². The number of hydrogen-bond donors (Lipinski definition) is 0. The molecule has 1 aromatic heterocycles. The molecule has 1 atom stereocenters. The lowest BCUT2D eigenvalue weighted by Gasteiger charge is -2.03. The molecule has 18 heavy (non-hydrogen) atoms. The van der Waals surface area contributed by atoms with Gasteiger partial charge in [-0.25, -0.2) is 0 Å². The summed E-state index contributed by atoms with van der Waals surface area (Å²) in [6.45, 7) is 3.47. The van der Waals surface area contributed by atoms with Gasteiger partial charge < -0.3 is 4.52 Å². The summed E-state index contributed by atoms with van der Waals surface area (Å²) in [7, 11) is 0. The first kappa shape index (κ1) is 13.0. The molecule has 0 saturated heterocycles. The molecule has 0 aliphatic heterocycles. The number of carbonyl (C=O) groups excluding carboxylic acids is 1. The minimum absolute atomic E-state index is 0.0449. The fourth-order valence-corrected chi connectivity index (χ4v) is 1.99. The molecule has 2 aromatic rings. The van der Waals surface area contributed by atoms with Crippen LogP contribution in [-0.4, -0.2) is 15.9 Å². The average molecular weight is 309 g/mol. The third-order valence-electron chi connectivity index (χ3n) is 2.74. The van der Waals surface area contributed by atoms with Crippen LogP contribution in [0.2, 0.25) is 0 Å². The van der Waals surface area contributed by atoms with E-state index in [4.69, 9.17) is 4.52 Å². The molecule has 5 heteroatoms. The van der Waals surface area contributed by atoms with Gasteiger partial charge in [0.1, 0.15) is 5.78 Å². The molecule has 0 radical (unpaired) electrons. The van der Waals surface area contributed by atoms with E-state index in [-0.39, 0.29) is 11.7 Å². The topological polar surface area (TPSA) is 56.0 Å². The van der Waals surface area contributed by atoms with Crippen molar-refractivity contribution in [3.05, 3.63) is 34.6 Å². The molecule has 1 unspecified atom stereocenters. The van der Waals surface area contributed by atoms with E-state index in [0.29, 0.717) is 18.1 Å². The van der Waals surface area contributed by atoms with Crippen LogP contribution in [0.1, 0.15) is 32.1 Å². The molecule has 94 valence electrons. The van der Waals surface area contributed by atoms with Crippen LogP contribution in [0.4, 0.5) is 0 Å². The third kappa shape index (κ3) is 2.67. The second kappa shape index (κ2) is 5.44. The molecule has 0 spiro atoms. The molecular weight excluding hydrogens is 296 g/mol. The number of rotatable bonds is 4. The number of nitrogens with zero attached hydrogens (tertiary/aromatic N) is 2. The predicted molar refractivity (Wildman–Crippen MR) is 71.1 cm³/mol. The van der Waals surface area contributed by atoms with Crippen LogP contribution in [-0.2, 0) is 4.79 Å². The standard InChI is InChI=1S/C13H13BrN2O2/c1-3-11(8(2)17)13-15-12(16-18-13)9-4-6-10(14)7-5-9/h4-7,11H,3H2,1-2H3. The van der Waals surface area contributed by atoms with Gasteiger partial charge in [0.05, 0.1) is 5.92 Å². The molecule has 1 aromatic carbocycles. The molecule has 0 saturated carbocycles. The van der Waals surface area contributed by atoms with E-state index in [2.05, 4.69) is 26.1 Å². The van der Waals surface area contributed by atoms with Crippen molar-refractivity contribution in [2.75, 3.05) is 0 Å².